The highest BCUT2D eigenvalue weighted by Gasteiger charge is 2.49. The van der Waals surface area contributed by atoms with E-state index in [0.29, 0.717) is 103 Å². The molecule has 123 heavy (non-hydrogen) atoms. The number of nitrogens with one attached hydrogen (secondary N) is 4. The molecule has 4 unspecified atom stereocenters. The molecule has 4 aromatic carbocycles. The minimum atomic E-state index is -0.528. The van der Waals surface area contributed by atoms with Gasteiger partial charge in [0.25, 0.3) is 0 Å². The zero-order valence-electron chi connectivity index (χ0n) is 73.9. The van der Waals surface area contributed by atoms with Crippen LogP contribution in [0.15, 0.2) is 261 Å². The highest BCUT2D eigenvalue weighted by molar-refractivity contribution is 6.07. The Morgan fingerprint density at radius 3 is 0.951 bits per heavy atom. The second kappa shape index (κ2) is 38.6. The Bertz CT molecular complexity index is 5050. The van der Waals surface area contributed by atoms with Gasteiger partial charge in [0.2, 0.25) is 0 Å². The van der Waals surface area contributed by atoms with E-state index in [2.05, 4.69) is 91.6 Å². The number of hydrogen-bond acceptors (Lipinski definition) is 19. The fourth-order valence-corrected chi connectivity index (χ4v) is 18.4. The molecule has 0 fully saturated rings. The van der Waals surface area contributed by atoms with E-state index >= 15 is 0 Å². The molecule has 3 aromatic heterocycles. The van der Waals surface area contributed by atoms with Gasteiger partial charge in [-0.3, -0.25) is 34.1 Å². The molecule has 15 rings (SSSR count). The van der Waals surface area contributed by atoms with Gasteiger partial charge in [-0.1, -0.05) is 192 Å². The van der Waals surface area contributed by atoms with Gasteiger partial charge in [-0.2, -0.15) is 0 Å². The summed E-state index contributed by atoms with van der Waals surface area (Å²) in [6, 6.07) is 45.8. The average molecular weight is 1660 g/mol. The lowest BCUT2D eigenvalue weighted by Gasteiger charge is -2.40. The van der Waals surface area contributed by atoms with Gasteiger partial charge in [-0.15, -0.1) is 0 Å². The molecule has 4 N–H and O–H groups in total. The molecule has 0 amide bonds. The first-order valence-electron chi connectivity index (χ1n) is 43.3. The number of Topliss-reactive ketones (excluding diaryl/α,β-unsaturated/α-hetero) is 4. The highest BCUT2D eigenvalue weighted by atomic mass is 19.1. The highest BCUT2D eigenvalue weighted by Crippen LogP contribution is 2.53. The largest absolute Gasteiger partial charge is 0.463 e. The summed E-state index contributed by atoms with van der Waals surface area (Å²) in [4.78, 5) is 118. The first kappa shape index (κ1) is 90.2. The van der Waals surface area contributed by atoms with Gasteiger partial charge in [-0.05, 0) is 171 Å². The summed E-state index contributed by atoms with van der Waals surface area (Å²) in [7, 11) is 0. The van der Waals surface area contributed by atoms with Crippen LogP contribution in [-0.2, 0) is 57.3 Å². The van der Waals surface area contributed by atoms with Crippen LogP contribution in [0.2, 0.25) is 0 Å². The standard InChI is InChI=1S/3C27H30N2O3.C22H26FNO3/c1-5-20-25(26(31)32-6-2)23(24-21(29-20)14-27(3,4)15-22(24)30)18-11-9-17(10-12-18)19-8-7-13-28-16-19;1-5-19-25(26(31)32-6-2)23(24-21(29-19)15-27(3,4)16-22(24)30)18-12-10-17(11-13-18)20-9-7-8-14-28-20;1-5-19-25(26(31)32-6-2)23(24-21(29-19)14-27(3,4)15-22(24)30)18-12-13-20(28-16-18)17-10-8-7-9-11-17;1-5-15-20(21(26)27-6-2)18(13-7-9-14(23)10-8-13)19-16(24-15)11-22(3,4)12-17(19)25/h7-13,16,23,29H,5-6,14-15H2,1-4H3;7-14,23,29H,5-6,15-16H2,1-4H3;7-13,16,23,29H,5-6,14-15H2,1-4H3;7-10,18,24H,5-6,11-12H2,1-4H3. The van der Waals surface area contributed by atoms with Crippen molar-refractivity contribution in [3.05, 3.63) is 289 Å². The topological polar surface area (TPSA) is 260 Å². The van der Waals surface area contributed by atoms with E-state index in [-0.39, 0.29) is 88.3 Å². The van der Waals surface area contributed by atoms with Gasteiger partial charge in [0.1, 0.15) is 5.82 Å². The Hall–Kier alpha value is -12.1. The van der Waals surface area contributed by atoms with Crippen molar-refractivity contribution in [3.8, 4) is 33.6 Å². The lowest BCUT2D eigenvalue weighted by molar-refractivity contribution is -0.139. The summed E-state index contributed by atoms with van der Waals surface area (Å²) >= 11 is 0. The first-order chi connectivity index (χ1) is 58.8. The number of benzene rings is 4. The van der Waals surface area contributed by atoms with E-state index < -0.39 is 29.6 Å². The van der Waals surface area contributed by atoms with Crippen LogP contribution in [0.5, 0.6) is 0 Å². The van der Waals surface area contributed by atoms with E-state index in [1.54, 1.807) is 58.4 Å². The minimum Gasteiger partial charge on any atom is -0.463 e. The van der Waals surface area contributed by atoms with Crippen LogP contribution in [0.4, 0.5) is 4.39 Å². The molecular weight excluding hydrogens is 1550 g/mol. The van der Waals surface area contributed by atoms with E-state index in [1.165, 1.54) is 12.1 Å². The number of carbonyl (C=O) groups excluding carboxylic acids is 8. The van der Waals surface area contributed by atoms with Crippen molar-refractivity contribution in [3.63, 3.8) is 0 Å². The molecule has 0 radical (unpaired) electrons. The number of halogens is 1. The van der Waals surface area contributed by atoms with E-state index in [1.807, 2.05) is 155 Å². The molecule has 7 aromatic rings. The van der Waals surface area contributed by atoms with Gasteiger partial charge in [0.05, 0.1) is 60.1 Å². The lowest BCUT2D eigenvalue weighted by atomic mass is 9.68. The summed E-state index contributed by atoms with van der Waals surface area (Å²) in [5, 5.41) is 13.7. The quantitative estimate of drug-likeness (QED) is 0.0433. The second-order valence-corrected chi connectivity index (χ2v) is 35.5. The molecular formula is C103H116FN7O12. The lowest BCUT2D eigenvalue weighted by Crippen LogP contribution is -2.39. The molecule has 4 aliphatic carbocycles. The zero-order valence-corrected chi connectivity index (χ0v) is 73.9. The first-order valence-corrected chi connectivity index (χ1v) is 43.3. The van der Waals surface area contributed by atoms with Crippen LogP contribution in [0, 0.1) is 27.5 Å². The maximum absolute atomic E-state index is 13.5. The third kappa shape index (κ3) is 20.2. The summed E-state index contributed by atoms with van der Waals surface area (Å²) in [5.41, 5.74) is 20.5. The number of hydrogen-bond donors (Lipinski definition) is 4. The van der Waals surface area contributed by atoms with Crippen molar-refractivity contribution in [2.45, 2.75) is 212 Å². The molecule has 642 valence electrons. The van der Waals surface area contributed by atoms with Crippen molar-refractivity contribution in [2.24, 2.45) is 21.7 Å². The average Bonchev–Trinajstić information content (AvgIpc) is 0.759. The summed E-state index contributed by atoms with van der Waals surface area (Å²) < 4.78 is 35.1. The molecule has 4 aliphatic heterocycles. The molecule has 8 aliphatic rings. The monoisotopic (exact) mass is 1660 g/mol. The van der Waals surface area contributed by atoms with Crippen LogP contribution in [0.1, 0.15) is 234 Å². The van der Waals surface area contributed by atoms with Crippen LogP contribution in [-0.4, -0.2) is 88.4 Å². The zero-order chi connectivity index (χ0) is 88.4. The van der Waals surface area contributed by atoms with Gasteiger partial charge in [0, 0.05) is 153 Å². The van der Waals surface area contributed by atoms with E-state index in [0.717, 1.165) is 127 Å². The van der Waals surface area contributed by atoms with Crippen molar-refractivity contribution in [1.29, 1.82) is 0 Å². The molecule has 0 saturated heterocycles. The Kier molecular flexibility index (Phi) is 28.3. The second-order valence-electron chi connectivity index (χ2n) is 35.5. The summed E-state index contributed by atoms with van der Waals surface area (Å²) in [6.07, 6.45) is 14.6. The fraction of sp³-hybridized carbons (Fsp3) is 0.388. The molecule has 0 saturated carbocycles. The third-order valence-corrected chi connectivity index (χ3v) is 23.7. The Morgan fingerprint density at radius 1 is 0.333 bits per heavy atom. The Labute approximate surface area is 722 Å². The molecule has 19 nitrogen and oxygen atoms in total. The normalized spacial score (nSPS) is 20.4. The number of ether oxygens (including phenoxy) is 4. The predicted molar refractivity (Wildman–Crippen MR) is 475 cm³/mol. The van der Waals surface area contributed by atoms with Gasteiger partial charge >= 0.3 is 23.9 Å². The third-order valence-electron chi connectivity index (χ3n) is 23.7. The Morgan fingerprint density at radius 2 is 0.642 bits per heavy atom. The fourth-order valence-electron chi connectivity index (χ4n) is 18.4. The molecule has 0 spiro atoms. The van der Waals surface area contributed by atoms with Crippen LogP contribution in [0.3, 0.4) is 0 Å². The van der Waals surface area contributed by atoms with Crippen molar-refractivity contribution in [1.82, 2.24) is 36.2 Å². The molecule has 7 heterocycles. The minimum absolute atomic E-state index is 0.0278. The van der Waals surface area contributed by atoms with E-state index in [4.69, 9.17) is 18.9 Å². The van der Waals surface area contributed by atoms with Crippen LogP contribution < -0.4 is 21.3 Å². The molecule has 20 heteroatoms. The van der Waals surface area contributed by atoms with Crippen molar-refractivity contribution in [2.75, 3.05) is 26.4 Å². The molecule has 0 bridgehead atoms. The Balaban J connectivity index is 0.000000150. The number of carbonyl (C=O) groups is 8. The number of dihydropyridines is 4. The van der Waals surface area contributed by atoms with Gasteiger partial charge in [-0.25, -0.2) is 23.6 Å². The maximum atomic E-state index is 13.5. The van der Waals surface area contributed by atoms with Gasteiger partial charge in [0.15, 0.2) is 23.1 Å². The number of allylic oxidation sites excluding steroid dienone is 12. The number of aromatic nitrogens is 3. The maximum Gasteiger partial charge on any atom is 0.336 e. The molecule has 4 atom stereocenters. The van der Waals surface area contributed by atoms with Crippen molar-refractivity contribution >= 4 is 47.0 Å². The number of ketones is 4. The summed E-state index contributed by atoms with van der Waals surface area (Å²) in [6.45, 7) is 33.1. The van der Waals surface area contributed by atoms with Crippen LogP contribution >= 0.6 is 0 Å². The van der Waals surface area contributed by atoms with E-state index in [9.17, 15) is 42.7 Å². The predicted octanol–water partition coefficient (Wildman–Crippen LogP) is 20.3. The van der Waals surface area contributed by atoms with Gasteiger partial charge < -0.3 is 40.2 Å². The number of rotatable bonds is 19. The number of esters is 4. The SMILES string of the molecule is CCOC(=O)C1=C(CC)NC2=C(C(=O)CC(C)(C)C2)C1c1ccc(-c2ccccc2)nc1.CCOC(=O)C1=C(CC)NC2=C(C(=O)CC(C)(C)C2)C1c1ccc(-c2ccccn2)cc1.CCOC(=O)C1=C(CC)NC2=C(C(=O)CC(C)(C)C2)C1c1ccc(-c2cccnc2)cc1.CCOC(=O)C1=C(CC)NC2=C(C(=O)CC(C)(C)C2)C1c1ccc(F)cc1. The number of nitrogens with zero attached hydrogens (tertiary/aromatic N) is 3. The number of pyridine rings is 3. The summed E-state index contributed by atoms with van der Waals surface area (Å²) in [5.74, 6) is -3.43. The van der Waals surface area contributed by atoms with Crippen LogP contribution in [0.25, 0.3) is 33.6 Å². The van der Waals surface area contributed by atoms with Crippen molar-refractivity contribution < 1.29 is 61.7 Å². The smallest absolute Gasteiger partial charge is 0.336 e.